The van der Waals surface area contributed by atoms with E-state index in [1.54, 1.807) is 0 Å². The molecule has 1 N–H and O–H groups in total. The number of benzene rings is 1. The van der Waals surface area contributed by atoms with Gasteiger partial charge >= 0.3 is 6.03 Å². The maximum atomic E-state index is 12.3. The van der Waals surface area contributed by atoms with Crippen molar-refractivity contribution in [3.05, 3.63) is 53.7 Å². The number of amides is 1. The molecule has 2 aromatic heterocycles. The van der Waals surface area contributed by atoms with E-state index in [0.29, 0.717) is 24.1 Å². The smallest absolute Gasteiger partial charge is 0.327 e. The molecule has 6 nitrogen and oxygen atoms in total. The zero-order chi connectivity index (χ0) is 16.2. The molecule has 0 spiro atoms. The van der Waals surface area contributed by atoms with Crippen LogP contribution in [-0.2, 0) is 6.42 Å². The number of nitrogens with zero attached hydrogens (tertiary/aromatic N) is 4. The van der Waals surface area contributed by atoms with Crippen LogP contribution >= 0.6 is 0 Å². The Labute approximate surface area is 134 Å². The van der Waals surface area contributed by atoms with Gasteiger partial charge in [-0.25, -0.2) is 24.3 Å². The number of hydrogen-bond donors (Lipinski definition) is 1. The summed E-state index contributed by atoms with van der Waals surface area (Å²) in [5.41, 5.74) is 4.35. The molecule has 0 saturated heterocycles. The molecule has 2 heterocycles. The van der Waals surface area contributed by atoms with Gasteiger partial charge in [-0.3, -0.25) is 0 Å². The Hall–Kier alpha value is -2.76. The van der Waals surface area contributed by atoms with Gasteiger partial charge in [-0.2, -0.15) is 0 Å². The van der Waals surface area contributed by atoms with Crippen LogP contribution in [0.15, 0.2) is 36.9 Å². The molecule has 0 aliphatic heterocycles. The molecule has 0 unspecified atom stereocenters. The first-order chi connectivity index (χ1) is 11.2. The van der Waals surface area contributed by atoms with E-state index in [1.165, 1.54) is 22.8 Å². The number of hydrogen-bond acceptors (Lipinski definition) is 4. The van der Waals surface area contributed by atoms with Crippen LogP contribution in [0, 0.1) is 6.92 Å². The predicted molar refractivity (Wildman–Crippen MR) is 88.4 cm³/mol. The summed E-state index contributed by atoms with van der Waals surface area (Å²) in [6.07, 6.45) is 4.51. The van der Waals surface area contributed by atoms with Gasteiger partial charge in [0, 0.05) is 13.0 Å². The van der Waals surface area contributed by atoms with Gasteiger partial charge < -0.3 is 5.32 Å². The SMILES string of the molecule is CCCNC(=O)n1cnc2ncnc(Cc3ccc(C)cc3)c21. The molecule has 0 saturated carbocycles. The lowest BCUT2D eigenvalue weighted by atomic mass is 10.1. The van der Waals surface area contributed by atoms with Crippen molar-refractivity contribution in [3.63, 3.8) is 0 Å². The maximum absolute atomic E-state index is 12.3. The highest BCUT2D eigenvalue weighted by Crippen LogP contribution is 2.17. The van der Waals surface area contributed by atoms with E-state index in [4.69, 9.17) is 0 Å². The average Bonchev–Trinajstić information content (AvgIpc) is 3.00. The van der Waals surface area contributed by atoms with E-state index >= 15 is 0 Å². The van der Waals surface area contributed by atoms with Crippen molar-refractivity contribution < 1.29 is 4.79 Å². The van der Waals surface area contributed by atoms with Gasteiger partial charge in [0.15, 0.2) is 5.65 Å². The summed E-state index contributed by atoms with van der Waals surface area (Å²) < 4.78 is 1.49. The van der Waals surface area contributed by atoms with Crippen molar-refractivity contribution >= 4 is 17.2 Å². The summed E-state index contributed by atoms with van der Waals surface area (Å²) in [6, 6.07) is 8.08. The second-order valence-electron chi connectivity index (χ2n) is 5.50. The molecule has 3 rings (SSSR count). The number of imidazole rings is 1. The molecule has 1 aromatic carbocycles. The Morgan fingerprint density at radius 2 is 1.96 bits per heavy atom. The summed E-state index contributed by atoms with van der Waals surface area (Å²) in [5.74, 6) is 0. The number of nitrogens with one attached hydrogen (secondary N) is 1. The first-order valence-electron chi connectivity index (χ1n) is 7.69. The van der Waals surface area contributed by atoms with Gasteiger partial charge in [0.05, 0.1) is 5.69 Å². The first-order valence-corrected chi connectivity index (χ1v) is 7.69. The summed E-state index contributed by atoms with van der Waals surface area (Å²) in [6.45, 7) is 4.69. The fraction of sp³-hybridized carbons (Fsp3) is 0.294. The average molecular weight is 309 g/mol. The molecular formula is C17H19N5O. The van der Waals surface area contributed by atoms with E-state index in [2.05, 4.69) is 51.5 Å². The number of rotatable bonds is 4. The summed E-state index contributed by atoms with van der Waals surface area (Å²) in [7, 11) is 0. The Morgan fingerprint density at radius 3 is 2.70 bits per heavy atom. The summed E-state index contributed by atoms with van der Waals surface area (Å²) >= 11 is 0. The summed E-state index contributed by atoms with van der Waals surface area (Å²) in [5, 5.41) is 2.85. The molecule has 3 aromatic rings. The van der Waals surface area contributed by atoms with Crippen LogP contribution in [0.25, 0.3) is 11.2 Å². The predicted octanol–water partition coefficient (Wildman–Crippen LogP) is 2.69. The highest BCUT2D eigenvalue weighted by molar-refractivity contribution is 5.88. The quantitative estimate of drug-likeness (QED) is 0.804. The minimum atomic E-state index is -0.200. The third-order valence-corrected chi connectivity index (χ3v) is 3.65. The fourth-order valence-electron chi connectivity index (χ4n) is 2.42. The molecule has 23 heavy (non-hydrogen) atoms. The molecule has 0 aliphatic rings. The Bertz CT molecular complexity index is 823. The Kier molecular flexibility index (Phi) is 4.32. The normalized spacial score (nSPS) is 10.9. The molecule has 0 fully saturated rings. The number of aryl methyl sites for hydroxylation is 1. The van der Waals surface area contributed by atoms with Gasteiger partial charge in [-0.1, -0.05) is 36.8 Å². The molecule has 0 aliphatic carbocycles. The van der Waals surface area contributed by atoms with Crippen molar-refractivity contribution in [1.82, 2.24) is 24.8 Å². The third-order valence-electron chi connectivity index (χ3n) is 3.65. The number of fused-ring (bicyclic) bond motifs is 1. The third kappa shape index (κ3) is 3.21. The largest absolute Gasteiger partial charge is 0.337 e. The van der Waals surface area contributed by atoms with E-state index in [1.807, 2.05) is 6.92 Å². The maximum Gasteiger partial charge on any atom is 0.327 e. The zero-order valence-electron chi connectivity index (χ0n) is 13.3. The van der Waals surface area contributed by atoms with Crippen molar-refractivity contribution in [2.75, 3.05) is 6.54 Å². The number of carbonyl (C=O) groups is 1. The molecule has 1 amide bonds. The molecule has 118 valence electrons. The van der Waals surface area contributed by atoms with E-state index in [-0.39, 0.29) is 6.03 Å². The van der Waals surface area contributed by atoms with Crippen LogP contribution in [0.2, 0.25) is 0 Å². The zero-order valence-corrected chi connectivity index (χ0v) is 13.3. The lowest BCUT2D eigenvalue weighted by molar-refractivity contribution is 0.243. The van der Waals surface area contributed by atoms with E-state index < -0.39 is 0 Å². The van der Waals surface area contributed by atoms with Crippen molar-refractivity contribution in [2.24, 2.45) is 0 Å². The van der Waals surface area contributed by atoms with Crippen LogP contribution in [0.4, 0.5) is 4.79 Å². The van der Waals surface area contributed by atoms with Gasteiger partial charge in [0.1, 0.15) is 18.2 Å². The molecule has 0 radical (unpaired) electrons. The van der Waals surface area contributed by atoms with Crippen molar-refractivity contribution in [2.45, 2.75) is 26.7 Å². The highest BCUT2D eigenvalue weighted by Gasteiger charge is 2.15. The number of carbonyl (C=O) groups excluding carboxylic acids is 1. The molecule has 0 atom stereocenters. The highest BCUT2D eigenvalue weighted by atomic mass is 16.2. The van der Waals surface area contributed by atoms with Gasteiger partial charge in [0.2, 0.25) is 0 Å². The summed E-state index contributed by atoms with van der Waals surface area (Å²) in [4.78, 5) is 25.0. The lowest BCUT2D eigenvalue weighted by Gasteiger charge is -2.08. The monoisotopic (exact) mass is 309 g/mol. The second-order valence-corrected chi connectivity index (χ2v) is 5.50. The van der Waals surface area contributed by atoms with Crippen LogP contribution in [-0.4, -0.2) is 32.1 Å². The molecule has 6 heteroatoms. The minimum Gasteiger partial charge on any atom is -0.337 e. The first kappa shape index (κ1) is 15.1. The van der Waals surface area contributed by atoms with Gasteiger partial charge in [0.25, 0.3) is 0 Å². The van der Waals surface area contributed by atoms with E-state index in [9.17, 15) is 4.79 Å². The topological polar surface area (TPSA) is 72.7 Å². The standard InChI is InChI=1S/C17H19N5O/c1-3-8-18-17(23)22-11-21-16-15(22)14(19-10-20-16)9-13-6-4-12(2)5-7-13/h4-7,10-11H,3,8-9H2,1-2H3,(H,18,23). The Morgan fingerprint density at radius 1 is 1.17 bits per heavy atom. The minimum absolute atomic E-state index is 0.200. The van der Waals surface area contributed by atoms with Gasteiger partial charge in [-0.15, -0.1) is 0 Å². The van der Waals surface area contributed by atoms with Crippen LogP contribution in [0.3, 0.4) is 0 Å². The van der Waals surface area contributed by atoms with Crippen LogP contribution < -0.4 is 5.32 Å². The van der Waals surface area contributed by atoms with Crippen molar-refractivity contribution in [1.29, 1.82) is 0 Å². The van der Waals surface area contributed by atoms with Crippen LogP contribution in [0.1, 0.15) is 30.2 Å². The van der Waals surface area contributed by atoms with Crippen molar-refractivity contribution in [3.8, 4) is 0 Å². The Balaban J connectivity index is 1.98. The molecule has 0 bridgehead atoms. The van der Waals surface area contributed by atoms with Gasteiger partial charge in [-0.05, 0) is 18.9 Å². The number of aromatic nitrogens is 4. The van der Waals surface area contributed by atoms with E-state index in [0.717, 1.165) is 17.7 Å². The molecular weight excluding hydrogens is 290 g/mol. The van der Waals surface area contributed by atoms with Crippen LogP contribution in [0.5, 0.6) is 0 Å². The lowest BCUT2D eigenvalue weighted by Crippen LogP contribution is -2.28. The fourth-order valence-corrected chi connectivity index (χ4v) is 2.42. The second kappa shape index (κ2) is 6.56.